The highest BCUT2D eigenvalue weighted by molar-refractivity contribution is 7.16. The maximum Gasteiger partial charge on any atom is 0.258 e. The zero-order valence-corrected chi connectivity index (χ0v) is 15.3. The van der Waals surface area contributed by atoms with Crippen molar-refractivity contribution >= 4 is 33.7 Å². The van der Waals surface area contributed by atoms with Gasteiger partial charge in [0.05, 0.1) is 11.3 Å². The molecule has 1 N–H and O–H groups in total. The van der Waals surface area contributed by atoms with Gasteiger partial charge < -0.3 is 0 Å². The lowest BCUT2D eigenvalue weighted by atomic mass is 10.1. The van der Waals surface area contributed by atoms with Gasteiger partial charge in [0, 0.05) is 41.9 Å². The molecule has 0 unspecified atom stereocenters. The summed E-state index contributed by atoms with van der Waals surface area (Å²) in [5, 5.41) is 7.05. The Hall–Kier alpha value is -2.16. The van der Waals surface area contributed by atoms with Gasteiger partial charge in [-0.1, -0.05) is 0 Å². The van der Waals surface area contributed by atoms with E-state index in [1.165, 1.54) is 28.7 Å². The van der Waals surface area contributed by atoms with Gasteiger partial charge in [0.1, 0.15) is 11.6 Å². The standard InChI is InChI=1S/C18H15F2N3OS2/c19-13-1-2-14(20)12(7-13)8-23-5-3-15-16(9-23)26-18(21-15)22-17(24)11-4-6-25-10-11/h1-2,4,6-7,10H,3,5,8-9H2,(H,21,22,24). The van der Waals surface area contributed by atoms with Gasteiger partial charge in [-0.15, -0.1) is 11.3 Å². The van der Waals surface area contributed by atoms with Crippen molar-refractivity contribution < 1.29 is 13.6 Å². The molecule has 0 saturated carbocycles. The van der Waals surface area contributed by atoms with Crippen molar-refractivity contribution in [1.82, 2.24) is 9.88 Å². The van der Waals surface area contributed by atoms with Crippen molar-refractivity contribution in [3.05, 3.63) is 68.4 Å². The van der Waals surface area contributed by atoms with Gasteiger partial charge in [0.25, 0.3) is 5.91 Å². The fraction of sp³-hybridized carbons (Fsp3) is 0.222. The van der Waals surface area contributed by atoms with Crippen LogP contribution in [0.15, 0.2) is 35.0 Å². The normalized spacial score (nSPS) is 14.2. The number of benzene rings is 1. The third kappa shape index (κ3) is 3.67. The number of fused-ring (bicyclic) bond motifs is 1. The quantitative estimate of drug-likeness (QED) is 0.722. The summed E-state index contributed by atoms with van der Waals surface area (Å²) in [5.41, 5.74) is 1.93. The number of rotatable bonds is 4. The Morgan fingerprint density at radius 2 is 2.19 bits per heavy atom. The zero-order chi connectivity index (χ0) is 18.1. The molecule has 0 aliphatic carbocycles. The molecule has 2 aromatic heterocycles. The summed E-state index contributed by atoms with van der Waals surface area (Å²) in [6.07, 6.45) is 0.719. The van der Waals surface area contributed by atoms with Gasteiger partial charge >= 0.3 is 0 Å². The largest absolute Gasteiger partial charge is 0.298 e. The number of nitrogens with one attached hydrogen (secondary N) is 1. The van der Waals surface area contributed by atoms with E-state index in [9.17, 15) is 13.6 Å². The first kappa shape index (κ1) is 17.3. The number of hydrogen-bond donors (Lipinski definition) is 1. The number of thiophene rings is 1. The lowest BCUT2D eigenvalue weighted by Crippen LogP contribution is -2.29. The first-order valence-corrected chi connectivity index (χ1v) is 9.83. The molecule has 0 radical (unpaired) electrons. The Bertz CT molecular complexity index is 940. The monoisotopic (exact) mass is 391 g/mol. The Morgan fingerprint density at radius 1 is 1.31 bits per heavy atom. The SMILES string of the molecule is O=C(Nc1nc2c(s1)CN(Cc1cc(F)ccc1F)CC2)c1ccsc1. The van der Waals surface area contributed by atoms with Gasteiger partial charge in [0.15, 0.2) is 5.13 Å². The number of carbonyl (C=O) groups is 1. The molecule has 1 aromatic carbocycles. The average molecular weight is 391 g/mol. The zero-order valence-electron chi connectivity index (χ0n) is 13.7. The molecule has 0 fully saturated rings. The lowest BCUT2D eigenvalue weighted by Gasteiger charge is -2.25. The van der Waals surface area contributed by atoms with Gasteiger partial charge in [-0.25, -0.2) is 13.8 Å². The van der Waals surface area contributed by atoms with Gasteiger partial charge in [-0.05, 0) is 29.6 Å². The fourth-order valence-electron chi connectivity index (χ4n) is 2.91. The highest BCUT2D eigenvalue weighted by Gasteiger charge is 2.22. The highest BCUT2D eigenvalue weighted by Crippen LogP contribution is 2.29. The number of nitrogens with zero attached hydrogens (tertiary/aromatic N) is 2. The van der Waals surface area contributed by atoms with Crippen molar-refractivity contribution in [3.8, 4) is 0 Å². The van der Waals surface area contributed by atoms with Gasteiger partial charge in [-0.3, -0.25) is 15.0 Å². The van der Waals surface area contributed by atoms with E-state index in [0.29, 0.717) is 35.9 Å². The van der Waals surface area contributed by atoms with Crippen LogP contribution in [0.2, 0.25) is 0 Å². The first-order chi connectivity index (χ1) is 12.6. The molecule has 4 nitrogen and oxygen atoms in total. The number of hydrogen-bond acceptors (Lipinski definition) is 5. The van der Waals surface area contributed by atoms with E-state index in [1.54, 1.807) is 11.4 Å². The second kappa shape index (κ2) is 7.22. The summed E-state index contributed by atoms with van der Waals surface area (Å²) in [5.74, 6) is -1.00. The molecule has 0 bridgehead atoms. The minimum absolute atomic E-state index is 0.170. The smallest absolute Gasteiger partial charge is 0.258 e. The topological polar surface area (TPSA) is 45.2 Å². The van der Waals surface area contributed by atoms with Crippen molar-refractivity contribution in [3.63, 3.8) is 0 Å². The molecule has 1 aliphatic heterocycles. The lowest BCUT2D eigenvalue weighted by molar-refractivity contribution is 0.102. The maximum absolute atomic E-state index is 13.9. The number of aromatic nitrogens is 1. The molecule has 1 aliphatic rings. The predicted octanol–water partition coefficient (Wildman–Crippen LogP) is 4.29. The fourth-order valence-corrected chi connectivity index (χ4v) is 4.59. The van der Waals surface area contributed by atoms with E-state index in [1.807, 2.05) is 5.38 Å². The highest BCUT2D eigenvalue weighted by atomic mass is 32.1. The van der Waals surface area contributed by atoms with E-state index in [2.05, 4.69) is 15.2 Å². The van der Waals surface area contributed by atoms with Crippen LogP contribution < -0.4 is 5.32 Å². The van der Waals surface area contributed by atoms with E-state index >= 15 is 0 Å². The Balaban J connectivity index is 1.45. The molecule has 4 rings (SSSR count). The van der Waals surface area contributed by atoms with Crippen molar-refractivity contribution in [1.29, 1.82) is 0 Å². The number of halogens is 2. The van der Waals surface area contributed by atoms with E-state index in [4.69, 9.17) is 0 Å². The summed E-state index contributed by atoms with van der Waals surface area (Å²) < 4.78 is 27.2. The molecular formula is C18H15F2N3OS2. The molecule has 0 spiro atoms. The van der Waals surface area contributed by atoms with Crippen LogP contribution in [0.3, 0.4) is 0 Å². The van der Waals surface area contributed by atoms with Crippen LogP contribution in [0.25, 0.3) is 0 Å². The summed E-state index contributed by atoms with van der Waals surface area (Å²) in [4.78, 5) is 19.7. The van der Waals surface area contributed by atoms with E-state index in [-0.39, 0.29) is 5.91 Å². The van der Waals surface area contributed by atoms with Crippen molar-refractivity contribution in [2.45, 2.75) is 19.5 Å². The number of carbonyl (C=O) groups excluding carboxylic acids is 1. The van der Waals surface area contributed by atoms with Crippen LogP contribution in [0.5, 0.6) is 0 Å². The minimum Gasteiger partial charge on any atom is -0.298 e. The molecule has 26 heavy (non-hydrogen) atoms. The molecule has 3 heterocycles. The second-order valence-corrected chi connectivity index (χ2v) is 7.92. The van der Waals surface area contributed by atoms with Crippen LogP contribution in [-0.4, -0.2) is 22.3 Å². The summed E-state index contributed by atoms with van der Waals surface area (Å²) in [6.45, 7) is 1.67. The van der Waals surface area contributed by atoms with Crippen LogP contribution in [-0.2, 0) is 19.5 Å². The number of anilines is 1. The predicted molar refractivity (Wildman–Crippen MR) is 98.6 cm³/mol. The molecule has 0 atom stereocenters. The molecule has 134 valence electrons. The van der Waals surface area contributed by atoms with Crippen LogP contribution in [0.1, 0.15) is 26.5 Å². The third-order valence-corrected chi connectivity index (χ3v) is 5.90. The molecule has 8 heteroatoms. The Labute approximate surface area is 157 Å². The third-order valence-electron chi connectivity index (χ3n) is 4.22. The van der Waals surface area contributed by atoms with Gasteiger partial charge in [-0.2, -0.15) is 11.3 Å². The molecule has 1 amide bonds. The number of thiazole rings is 1. The van der Waals surface area contributed by atoms with E-state index in [0.717, 1.165) is 29.1 Å². The Kier molecular flexibility index (Phi) is 4.80. The summed E-state index contributed by atoms with van der Waals surface area (Å²) in [7, 11) is 0. The van der Waals surface area contributed by atoms with Crippen LogP contribution in [0, 0.1) is 11.6 Å². The molecule has 0 saturated heterocycles. The minimum atomic E-state index is -0.435. The Morgan fingerprint density at radius 3 is 3.00 bits per heavy atom. The summed E-state index contributed by atoms with van der Waals surface area (Å²) in [6, 6.07) is 5.29. The maximum atomic E-state index is 13.9. The first-order valence-electron chi connectivity index (χ1n) is 8.07. The second-order valence-electron chi connectivity index (χ2n) is 6.05. The van der Waals surface area contributed by atoms with Crippen molar-refractivity contribution in [2.75, 3.05) is 11.9 Å². The van der Waals surface area contributed by atoms with Crippen molar-refractivity contribution in [2.24, 2.45) is 0 Å². The van der Waals surface area contributed by atoms with E-state index < -0.39 is 11.6 Å². The van der Waals surface area contributed by atoms with Crippen LogP contribution >= 0.6 is 22.7 Å². The van der Waals surface area contributed by atoms with Gasteiger partial charge in [0.2, 0.25) is 0 Å². The summed E-state index contributed by atoms with van der Waals surface area (Å²) >= 11 is 2.90. The molecular weight excluding hydrogens is 376 g/mol. The molecule has 3 aromatic rings. The van der Waals surface area contributed by atoms with Crippen LogP contribution in [0.4, 0.5) is 13.9 Å². The number of amides is 1. The average Bonchev–Trinajstić information content (AvgIpc) is 3.27.